The summed E-state index contributed by atoms with van der Waals surface area (Å²) in [5, 5.41) is 10.9. The molecule has 2 aromatic rings. The van der Waals surface area contributed by atoms with Crippen LogP contribution < -0.4 is 4.74 Å². The van der Waals surface area contributed by atoms with Gasteiger partial charge in [0.25, 0.3) is 0 Å². The van der Waals surface area contributed by atoms with Crippen molar-refractivity contribution in [2.24, 2.45) is 0 Å². The zero-order valence-corrected chi connectivity index (χ0v) is 12.9. The third-order valence-corrected chi connectivity index (χ3v) is 5.61. The number of benzene rings is 1. The van der Waals surface area contributed by atoms with Crippen molar-refractivity contribution in [2.75, 3.05) is 12.9 Å². The lowest BCUT2D eigenvalue weighted by molar-refractivity contribution is 0.0696. The van der Waals surface area contributed by atoms with Crippen LogP contribution in [0.3, 0.4) is 0 Å². The Labute approximate surface area is 126 Å². The molecule has 1 heterocycles. The molecule has 1 aromatic carbocycles. The van der Waals surface area contributed by atoms with Crippen LogP contribution in [-0.2, 0) is 16.3 Å². The number of carboxylic acids is 1. The maximum absolute atomic E-state index is 12.4. The Balaban J connectivity index is 2.33. The molecular formula is C14H14O5S2. The smallest absolute Gasteiger partial charge is 0.335 e. The number of ether oxygens (including phenoxy) is 1. The summed E-state index contributed by atoms with van der Waals surface area (Å²) in [6.45, 7) is 0. The summed E-state index contributed by atoms with van der Waals surface area (Å²) in [5.74, 6) is -1.11. The number of rotatable bonds is 6. The van der Waals surface area contributed by atoms with E-state index in [0.29, 0.717) is 6.42 Å². The summed E-state index contributed by atoms with van der Waals surface area (Å²) in [7, 11) is -2.26. The van der Waals surface area contributed by atoms with Gasteiger partial charge in [0, 0.05) is 4.88 Å². The van der Waals surface area contributed by atoms with E-state index in [1.807, 2.05) is 17.5 Å². The summed E-state index contributed by atoms with van der Waals surface area (Å²) in [4.78, 5) is 11.9. The Morgan fingerprint density at radius 3 is 2.67 bits per heavy atom. The van der Waals surface area contributed by atoms with Gasteiger partial charge in [0.2, 0.25) is 0 Å². The van der Waals surface area contributed by atoms with Crippen LogP contribution in [0.4, 0.5) is 0 Å². The van der Waals surface area contributed by atoms with E-state index in [-0.39, 0.29) is 22.0 Å². The van der Waals surface area contributed by atoms with E-state index in [0.717, 1.165) is 10.9 Å². The van der Waals surface area contributed by atoms with Gasteiger partial charge in [0.1, 0.15) is 10.6 Å². The lowest BCUT2D eigenvalue weighted by atomic mass is 10.2. The van der Waals surface area contributed by atoms with Gasteiger partial charge in [-0.05, 0) is 36.1 Å². The fraction of sp³-hybridized carbons (Fsp3) is 0.214. The number of aryl methyl sites for hydroxylation is 1. The molecule has 5 nitrogen and oxygen atoms in total. The Morgan fingerprint density at radius 1 is 1.33 bits per heavy atom. The summed E-state index contributed by atoms with van der Waals surface area (Å²) in [6.07, 6.45) is 0.389. The van der Waals surface area contributed by atoms with Crippen LogP contribution >= 0.6 is 11.3 Å². The molecular weight excluding hydrogens is 312 g/mol. The van der Waals surface area contributed by atoms with Crippen LogP contribution in [0.2, 0.25) is 0 Å². The zero-order chi connectivity index (χ0) is 15.5. The topological polar surface area (TPSA) is 80.7 Å². The van der Waals surface area contributed by atoms with E-state index in [9.17, 15) is 13.2 Å². The van der Waals surface area contributed by atoms with Crippen molar-refractivity contribution >= 4 is 27.1 Å². The maximum Gasteiger partial charge on any atom is 0.335 e. The fourth-order valence-electron chi connectivity index (χ4n) is 1.85. The van der Waals surface area contributed by atoms with E-state index < -0.39 is 15.8 Å². The van der Waals surface area contributed by atoms with Crippen LogP contribution in [0.5, 0.6) is 5.75 Å². The van der Waals surface area contributed by atoms with Gasteiger partial charge in [-0.1, -0.05) is 6.07 Å². The number of thiophene rings is 1. The van der Waals surface area contributed by atoms with E-state index in [2.05, 4.69) is 0 Å². The van der Waals surface area contributed by atoms with Crippen LogP contribution in [0, 0.1) is 0 Å². The van der Waals surface area contributed by atoms with Crippen molar-refractivity contribution < 1.29 is 23.1 Å². The molecule has 0 aliphatic rings. The molecule has 0 saturated carbocycles. The van der Waals surface area contributed by atoms with Crippen LogP contribution in [0.1, 0.15) is 15.2 Å². The molecule has 0 radical (unpaired) electrons. The average molecular weight is 326 g/mol. The first-order valence-corrected chi connectivity index (χ1v) is 8.63. The van der Waals surface area contributed by atoms with Crippen molar-refractivity contribution in [3.05, 3.63) is 46.2 Å². The van der Waals surface area contributed by atoms with Gasteiger partial charge in [0.05, 0.1) is 18.4 Å². The van der Waals surface area contributed by atoms with E-state index in [4.69, 9.17) is 9.84 Å². The molecule has 21 heavy (non-hydrogen) atoms. The molecule has 112 valence electrons. The second-order valence-electron chi connectivity index (χ2n) is 4.32. The van der Waals surface area contributed by atoms with E-state index >= 15 is 0 Å². The van der Waals surface area contributed by atoms with Crippen molar-refractivity contribution in [3.63, 3.8) is 0 Å². The highest BCUT2D eigenvalue weighted by Crippen LogP contribution is 2.27. The van der Waals surface area contributed by atoms with Crippen molar-refractivity contribution in [2.45, 2.75) is 11.3 Å². The van der Waals surface area contributed by atoms with Gasteiger partial charge in [-0.3, -0.25) is 0 Å². The lowest BCUT2D eigenvalue weighted by Gasteiger charge is -2.10. The maximum atomic E-state index is 12.4. The first kappa shape index (κ1) is 15.5. The Kier molecular flexibility index (Phi) is 4.64. The predicted octanol–water partition coefficient (Wildman–Crippen LogP) is 2.47. The fourth-order valence-corrected chi connectivity index (χ4v) is 4.16. The number of sulfone groups is 1. The minimum atomic E-state index is -3.62. The monoisotopic (exact) mass is 326 g/mol. The second-order valence-corrected chi connectivity index (χ2v) is 7.43. The van der Waals surface area contributed by atoms with Gasteiger partial charge < -0.3 is 9.84 Å². The van der Waals surface area contributed by atoms with Crippen LogP contribution in [-0.4, -0.2) is 32.4 Å². The van der Waals surface area contributed by atoms with Gasteiger partial charge in [-0.2, -0.15) is 0 Å². The van der Waals surface area contributed by atoms with Gasteiger partial charge in [-0.15, -0.1) is 11.3 Å². The number of aromatic carboxylic acids is 1. The molecule has 0 saturated heterocycles. The summed E-state index contributed by atoms with van der Waals surface area (Å²) in [5.41, 5.74) is -0.0782. The first-order valence-electron chi connectivity index (χ1n) is 6.10. The normalized spacial score (nSPS) is 11.3. The standard InChI is InChI=1S/C14H14O5S2/c1-19-12-5-4-10(14(15)16)9-13(12)21(17,18)8-6-11-3-2-7-20-11/h2-5,7,9H,6,8H2,1H3,(H,15,16). The largest absolute Gasteiger partial charge is 0.495 e. The molecule has 0 aliphatic heterocycles. The van der Waals surface area contributed by atoms with Crippen LogP contribution in [0.15, 0.2) is 40.6 Å². The SMILES string of the molecule is COc1ccc(C(=O)O)cc1S(=O)(=O)CCc1cccs1. The lowest BCUT2D eigenvalue weighted by Crippen LogP contribution is -2.11. The highest BCUT2D eigenvalue weighted by Gasteiger charge is 2.21. The molecule has 0 bridgehead atoms. The number of hydrogen-bond donors (Lipinski definition) is 1. The number of carboxylic acid groups (broad SMARTS) is 1. The van der Waals surface area contributed by atoms with Gasteiger partial charge >= 0.3 is 5.97 Å². The molecule has 0 fully saturated rings. The summed E-state index contributed by atoms with van der Waals surface area (Å²) in [6, 6.07) is 7.55. The molecule has 0 aliphatic carbocycles. The number of carbonyl (C=O) groups is 1. The molecule has 0 unspecified atom stereocenters. The first-order chi connectivity index (χ1) is 9.94. The summed E-state index contributed by atoms with van der Waals surface area (Å²) < 4.78 is 29.9. The second kappa shape index (κ2) is 6.28. The highest BCUT2D eigenvalue weighted by atomic mass is 32.2. The van der Waals surface area contributed by atoms with Crippen molar-refractivity contribution in [3.8, 4) is 5.75 Å². The predicted molar refractivity (Wildman–Crippen MR) is 80.0 cm³/mol. The summed E-state index contributed by atoms with van der Waals surface area (Å²) >= 11 is 1.49. The van der Waals surface area contributed by atoms with Gasteiger partial charge in [0.15, 0.2) is 9.84 Å². The molecule has 0 spiro atoms. The molecule has 7 heteroatoms. The van der Waals surface area contributed by atoms with Gasteiger partial charge in [-0.25, -0.2) is 13.2 Å². The minimum Gasteiger partial charge on any atom is -0.495 e. The molecule has 1 aromatic heterocycles. The van der Waals surface area contributed by atoms with Crippen molar-refractivity contribution in [1.82, 2.24) is 0 Å². The Hall–Kier alpha value is -1.86. The molecule has 2 rings (SSSR count). The average Bonchev–Trinajstić information content (AvgIpc) is 2.98. The Morgan fingerprint density at radius 2 is 2.10 bits per heavy atom. The molecule has 0 amide bonds. The molecule has 1 N–H and O–H groups in total. The quantitative estimate of drug-likeness (QED) is 0.882. The third kappa shape index (κ3) is 3.62. The van der Waals surface area contributed by atoms with Crippen molar-refractivity contribution in [1.29, 1.82) is 0 Å². The Bertz CT molecular complexity index is 733. The highest BCUT2D eigenvalue weighted by molar-refractivity contribution is 7.91. The third-order valence-electron chi connectivity index (χ3n) is 2.94. The van der Waals surface area contributed by atoms with E-state index in [1.54, 1.807) is 0 Å². The minimum absolute atomic E-state index is 0.0782. The van der Waals surface area contributed by atoms with Crippen LogP contribution in [0.25, 0.3) is 0 Å². The van der Waals surface area contributed by atoms with E-state index in [1.165, 1.54) is 30.6 Å². The molecule has 0 atom stereocenters. The number of hydrogen-bond acceptors (Lipinski definition) is 5. The number of methoxy groups -OCH3 is 1. The zero-order valence-electron chi connectivity index (χ0n) is 11.3.